The lowest BCUT2D eigenvalue weighted by Gasteiger charge is -2.04. The third-order valence-corrected chi connectivity index (χ3v) is 2.63. The smallest absolute Gasteiger partial charge is 0.396 e. The van der Waals surface area contributed by atoms with E-state index < -0.39 is 11.9 Å². The predicted molar refractivity (Wildman–Crippen MR) is 50.7 cm³/mol. The van der Waals surface area contributed by atoms with E-state index in [4.69, 9.17) is 5.11 Å². The van der Waals surface area contributed by atoms with Gasteiger partial charge in [-0.3, -0.25) is 4.68 Å². The molecule has 6 heteroatoms. The van der Waals surface area contributed by atoms with Gasteiger partial charge in [-0.2, -0.15) is 18.3 Å². The van der Waals surface area contributed by atoms with Crippen LogP contribution in [0.15, 0.2) is 6.20 Å². The zero-order valence-corrected chi connectivity index (χ0v) is 8.67. The molecule has 0 bridgehead atoms. The average molecular weight is 234 g/mol. The van der Waals surface area contributed by atoms with E-state index in [2.05, 4.69) is 5.10 Å². The minimum Gasteiger partial charge on any atom is -0.396 e. The van der Waals surface area contributed by atoms with Crippen molar-refractivity contribution in [2.75, 3.05) is 6.61 Å². The summed E-state index contributed by atoms with van der Waals surface area (Å²) in [6.07, 6.45) is -0.900. The highest BCUT2D eigenvalue weighted by molar-refractivity contribution is 5.20. The summed E-state index contributed by atoms with van der Waals surface area (Å²) in [5.41, 5.74) is -0.780. The molecule has 90 valence electrons. The zero-order chi connectivity index (χ0) is 11.8. The molecular weight excluding hydrogens is 221 g/mol. The van der Waals surface area contributed by atoms with Crippen LogP contribution < -0.4 is 0 Å². The number of hydrogen-bond acceptors (Lipinski definition) is 2. The van der Waals surface area contributed by atoms with E-state index in [-0.39, 0.29) is 18.6 Å². The molecule has 0 spiro atoms. The Morgan fingerprint density at radius 3 is 2.62 bits per heavy atom. The first-order valence-electron chi connectivity index (χ1n) is 5.25. The third kappa shape index (κ3) is 2.55. The van der Waals surface area contributed by atoms with Gasteiger partial charge in [-0.1, -0.05) is 0 Å². The zero-order valence-electron chi connectivity index (χ0n) is 8.67. The summed E-state index contributed by atoms with van der Waals surface area (Å²) in [4.78, 5) is 0. The molecule has 1 aliphatic carbocycles. The number of halogens is 3. The molecule has 0 saturated heterocycles. The van der Waals surface area contributed by atoms with E-state index in [1.165, 1.54) is 10.9 Å². The second kappa shape index (κ2) is 4.08. The van der Waals surface area contributed by atoms with Gasteiger partial charge in [0.2, 0.25) is 0 Å². The van der Waals surface area contributed by atoms with Crippen molar-refractivity contribution in [1.82, 2.24) is 9.78 Å². The molecule has 0 amide bonds. The molecule has 1 heterocycles. The molecule has 1 aromatic rings. The van der Waals surface area contributed by atoms with E-state index >= 15 is 0 Å². The monoisotopic (exact) mass is 234 g/mol. The van der Waals surface area contributed by atoms with Crippen LogP contribution in [-0.4, -0.2) is 21.5 Å². The quantitative estimate of drug-likeness (QED) is 0.863. The normalized spacial score (nSPS) is 16.8. The molecule has 1 aromatic heterocycles. The van der Waals surface area contributed by atoms with E-state index in [0.29, 0.717) is 12.5 Å². The highest BCUT2D eigenvalue weighted by Gasteiger charge is 2.37. The fraction of sp³-hybridized carbons (Fsp3) is 0.700. The van der Waals surface area contributed by atoms with Crippen LogP contribution in [0.3, 0.4) is 0 Å². The average Bonchev–Trinajstić information content (AvgIpc) is 2.86. The lowest BCUT2D eigenvalue weighted by molar-refractivity contribution is -0.142. The maximum Gasteiger partial charge on any atom is 0.435 e. The van der Waals surface area contributed by atoms with Gasteiger partial charge in [-0.25, -0.2) is 0 Å². The van der Waals surface area contributed by atoms with Gasteiger partial charge in [0.1, 0.15) is 0 Å². The summed E-state index contributed by atoms with van der Waals surface area (Å²) in [6, 6.07) is 0. The van der Waals surface area contributed by atoms with Crippen molar-refractivity contribution in [1.29, 1.82) is 0 Å². The standard InChI is InChI=1S/C10H13F3N2O/c11-10(12,13)9-8(3-4-16)6-15(14-9)5-7-1-2-7/h6-7,16H,1-5H2. The maximum absolute atomic E-state index is 12.6. The topological polar surface area (TPSA) is 38.0 Å². The van der Waals surface area contributed by atoms with Crippen molar-refractivity contribution in [2.24, 2.45) is 5.92 Å². The first kappa shape index (κ1) is 11.4. The van der Waals surface area contributed by atoms with Gasteiger partial charge in [0, 0.05) is 24.9 Å². The van der Waals surface area contributed by atoms with Gasteiger partial charge in [0.05, 0.1) is 0 Å². The minimum absolute atomic E-state index is 0.000486. The molecule has 1 saturated carbocycles. The Labute approximate surface area is 90.9 Å². The second-order valence-corrected chi connectivity index (χ2v) is 4.14. The van der Waals surface area contributed by atoms with Crippen LogP contribution in [0.1, 0.15) is 24.1 Å². The molecule has 1 aliphatic rings. The number of aliphatic hydroxyl groups is 1. The van der Waals surface area contributed by atoms with Crippen LogP contribution >= 0.6 is 0 Å². The van der Waals surface area contributed by atoms with Crippen LogP contribution in [0, 0.1) is 5.92 Å². The number of hydrogen-bond donors (Lipinski definition) is 1. The van der Waals surface area contributed by atoms with Gasteiger partial charge < -0.3 is 5.11 Å². The van der Waals surface area contributed by atoms with Gasteiger partial charge in [0.25, 0.3) is 0 Å². The number of aliphatic hydroxyl groups excluding tert-OH is 1. The molecule has 0 atom stereocenters. The van der Waals surface area contributed by atoms with Crippen LogP contribution in [0.2, 0.25) is 0 Å². The summed E-state index contributed by atoms with van der Waals surface area (Å²) >= 11 is 0. The van der Waals surface area contributed by atoms with Crippen molar-refractivity contribution in [2.45, 2.75) is 32.0 Å². The Kier molecular flexibility index (Phi) is 2.92. The minimum atomic E-state index is -4.43. The fourth-order valence-corrected chi connectivity index (χ4v) is 1.66. The second-order valence-electron chi connectivity index (χ2n) is 4.14. The van der Waals surface area contributed by atoms with E-state index in [1.54, 1.807) is 0 Å². The Bertz CT molecular complexity index is 369. The summed E-state index contributed by atoms with van der Waals surface area (Å²) in [7, 11) is 0. The van der Waals surface area contributed by atoms with Crippen molar-refractivity contribution >= 4 is 0 Å². The van der Waals surface area contributed by atoms with Crippen molar-refractivity contribution in [3.05, 3.63) is 17.5 Å². The van der Waals surface area contributed by atoms with Crippen molar-refractivity contribution in [3.8, 4) is 0 Å². The molecule has 0 unspecified atom stereocenters. The molecule has 1 fully saturated rings. The van der Waals surface area contributed by atoms with Gasteiger partial charge in [0.15, 0.2) is 5.69 Å². The van der Waals surface area contributed by atoms with Crippen molar-refractivity contribution in [3.63, 3.8) is 0 Å². The first-order chi connectivity index (χ1) is 7.50. The molecule has 2 rings (SSSR count). The van der Waals surface area contributed by atoms with Crippen LogP contribution in [0.4, 0.5) is 13.2 Å². The number of alkyl halides is 3. The molecule has 1 N–H and O–H groups in total. The molecule has 3 nitrogen and oxygen atoms in total. The molecular formula is C10H13F3N2O. The highest BCUT2D eigenvalue weighted by Crippen LogP contribution is 2.33. The fourth-order valence-electron chi connectivity index (χ4n) is 1.66. The van der Waals surface area contributed by atoms with E-state index in [0.717, 1.165) is 12.8 Å². The van der Waals surface area contributed by atoms with E-state index in [9.17, 15) is 13.2 Å². The van der Waals surface area contributed by atoms with Gasteiger partial charge in [-0.05, 0) is 25.2 Å². The molecule has 0 radical (unpaired) electrons. The van der Waals surface area contributed by atoms with Crippen LogP contribution in [0.5, 0.6) is 0 Å². The number of rotatable bonds is 4. The summed E-state index contributed by atoms with van der Waals surface area (Å²) in [6.45, 7) is 0.257. The number of nitrogens with zero attached hydrogens (tertiary/aromatic N) is 2. The van der Waals surface area contributed by atoms with Gasteiger partial charge >= 0.3 is 6.18 Å². The number of aromatic nitrogens is 2. The van der Waals surface area contributed by atoms with Crippen molar-refractivity contribution < 1.29 is 18.3 Å². The van der Waals surface area contributed by atoms with Crippen LogP contribution in [-0.2, 0) is 19.1 Å². The predicted octanol–water partition coefficient (Wildman–Crippen LogP) is 1.85. The highest BCUT2D eigenvalue weighted by atomic mass is 19.4. The molecule has 0 aromatic carbocycles. The molecule has 0 aliphatic heterocycles. The van der Waals surface area contributed by atoms with Crippen LogP contribution in [0.25, 0.3) is 0 Å². The molecule has 16 heavy (non-hydrogen) atoms. The van der Waals surface area contributed by atoms with Gasteiger partial charge in [-0.15, -0.1) is 0 Å². The van der Waals surface area contributed by atoms with E-state index in [1.807, 2.05) is 0 Å². The Balaban J connectivity index is 2.21. The Hall–Kier alpha value is -1.04. The Morgan fingerprint density at radius 1 is 1.44 bits per heavy atom. The maximum atomic E-state index is 12.6. The first-order valence-corrected chi connectivity index (χ1v) is 5.25. The summed E-state index contributed by atoms with van der Waals surface area (Å²) in [5, 5.41) is 12.3. The lowest BCUT2D eigenvalue weighted by atomic mass is 10.2. The summed E-state index contributed by atoms with van der Waals surface area (Å²) in [5.74, 6) is 0.475. The lowest BCUT2D eigenvalue weighted by Crippen LogP contribution is -2.11. The Morgan fingerprint density at radius 2 is 2.12 bits per heavy atom. The summed E-state index contributed by atoms with van der Waals surface area (Å²) < 4.78 is 39.1. The SMILES string of the molecule is OCCc1cn(CC2CC2)nc1C(F)(F)F. The third-order valence-electron chi connectivity index (χ3n) is 2.63. The largest absolute Gasteiger partial charge is 0.435 e.